The summed E-state index contributed by atoms with van der Waals surface area (Å²) in [6.45, 7) is 4.30. The van der Waals surface area contributed by atoms with E-state index in [1.165, 1.54) is 19.9 Å². The summed E-state index contributed by atoms with van der Waals surface area (Å²) in [5, 5.41) is 16.1. The number of benzene rings is 1. The molecule has 1 aliphatic heterocycles. The maximum Gasteiger partial charge on any atom is 0.317 e. The van der Waals surface area contributed by atoms with Crippen LogP contribution >= 0.6 is 11.3 Å². The quantitative estimate of drug-likeness (QED) is 0.405. The summed E-state index contributed by atoms with van der Waals surface area (Å²) < 4.78 is 29.7. The Bertz CT molecular complexity index is 1250. The van der Waals surface area contributed by atoms with E-state index in [2.05, 4.69) is 15.6 Å². The molecule has 0 atom stereocenters. The van der Waals surface area contributed by atoms with Crippen molar-refractivity contribution in [1.82, 2.24) is 15.2 Å². The van der Waals surface area contributed by atoms with Crippen LogP contribution in [0.15, 0.2) is 36.4 Å². The van der Waals surface area contributed by atoms with E-state index in [0.29, 0.717) is 31.1 Å². The van der Waals surface area contributed by atoms with Crippen LogP contribution in [0.25, 0.3) is 10.4 Å². The summed E-state index contributed by atoms with van der Waals surface area (Å²) >= 11 is 0.948. The van der Waals surface area contributed by atoms with Gasteiger partial charge in [-0.15, -0.1) is 11.3 Å². The lowest BCUT2D eigenvalue weighted by Crippen LogP contribution is -2.27. The molecule has 0 radical (unpaired) electrons. The Kier molecular flexibility index (Phi) is 6.24. The molecule has 0 bridgehead atoms. The first-order valence-electron chi connectivity index (χ1n) is 10.4. The van der Waals surface area contributed by atoms with E-state index in [9.17, 15) is 23.5 Å². The summed E-state index contributed by atoms with van der Waals surface area (Å²) in [7, 11) is 0. The molecular weight excluding hydrogens is 464 g/mol. The van der Waals surface area contributed by atoms with Crippen LogP contribution < -0.4 is 16.4 Å². The fourth-order valence-corrected chi connectivity index (χ4v) is 4.68. The molecule has 0 spiro atoms. The van der Waals surface area contributed by atoms with E-state index in [0.717, 1.165) is 23.5 Å². The Morgan fingerprint density at radius 3 is 2.59 bits per heavy atom. The van der Waals surface area contributed by atoms with Crippen molar-refractivity contribution in [2.75, 3.05) is 18.4 Å². The third-order valence-electron chi connectivity index (χ3n) is 5.34. The molecule has 3 aromatic rings. The van der Waals surface area contributed by atoms with Crippen LogP contribution in [0.5, 0.6) is 0 Å². The first kappa shape index (κ1) is 23.6. The maximum atomic E-state index is 14.8. The zero-order valence-electron chi connectivity index (χ0n) is 18.5. The first-order valence-corrected chi connectivity index (χ1v) is 11.3. The number of primary amides is 1. The van der Waals surface area contributed by atoms with Crippen LogP contribution in [0.4, 0.5) is 24.4 Å². The number of carbonyl (C=O) groups excluding carboxylic acids is 2. The standard InChI is InChI=1S/C23H23F2N5O3S/c1-23(2,33)12-8-15(24)19(16(25)9-12)17-10-14(20(26)31)21(34-17)29-18-5-3-4-13(28-18)11-30-7-6-27-22(30)32/h3-5,8-10,33H,6-7,11H2,1-2H3,(H2,26,31)(H,27,32)(H,28,29). The molecule has 3 heterocycles. The number of nitrogens with one attached hydrogen (secondary N) is 2. The van der Waals surface area contributed by atoms with E-state index in [1.807, 2.05) is 0 Å². The number of hydrogen-bond acceptors (Lipinski definition) is 6. The Labute approximate surface area is 198 Å². The predicted octanol–water partition coefficient (Wildman–Crippen LogP) is 3.68. The molecule has 11 heteroatoms. The number of carbonyl (C=O) groups is 2. The van der Waals surface area contributed by atoms with Gasteiger partial charge in [0.15, 0.2) is 0 Å². The van der Waals surface area contributed by atoms with Crippen LogP contribution in [-0.2, 0) is 12.1 Å². The Hall–Kier alpha value is -3.57. The van der Waals surface area contributed by atoms with Crippen molar-refractivity contribution in [3.8, 4) is 10.4 Å². The van der Waals surface area contributed by atoms with Gasteiger partial charge in [0, 0.05) is 18.0 Å². The number of aliphatic hydroxyl groups is 1. The van der Waals surface area contributed by atoms with Gasteiger partial charge in [0.1, 0.15) is 22.5 Å². The van der Waals surface area contributed by atoms with Crippen molar-refractivity contribution in [3.63, 3.8) is 0 Å². The van der Waals surface area contributed by atoms with E-state index in [-0.39, 0.29) is 32.6 Å². The average Bonchev–Trinajstić information content (AvgIpc) is 3.33. The molecule has 0 aliphatic carbocycles. The second-order valence-corrected chi connectivity index (χ2v) is 9.44. The number of nitrogens with two attached hydrogens (primary N) is 1. The highest BCUT2D eigenvalue weighted by molar-refractivity contribution is 7.20. The highest BCUT2D eigenvalue weighted by atomic mass is 32.1. The first-order chi connectivity index (χ1) is 16.0. The molecule has 5 N–H and O–H groups in total. The molecule has 1 fully saturated rings. The van der Waals surface area contributed by atoms with Gasteiger partial charge < -0.3 is 26.4 Å². The molecule has 3 amide bonds. The topological polar surface area (TPSA) is 121 Å². The Morgan fingerprint density at radius 1 is 1.29 bits per heavy atom. The maximum absolute atomic E-state index is 14.8. The van der Waals surface area contributed by atoms with Crippen molar-refractivity contribution >= 4 is 34.1 Å². The highest BCUT2D eigenvalue weighted by Crippen LogP contribution is 2.40. The van der Waals surface area contributed by atoms with Crippen molar-refractivity contribution < 1.29 is 23.5 Å². The number of thiophene rings is 1. The molecule has 1 aromatic carbocycles. The number of nitrogens with zero attached hydrogens (tertiary/aromatic N) is 2. The summed E-state index contributed by atoms with van der Waals surface area (Å²) in [4.78, 5) is 30.1. The van der Waals surface area contributed by atoms with Gasteiger partial charge in [0.2, 0.25) is 0 Å². The zero-order valence-corrected chi connectivity index (χ0v) is 19.3. The van der Waals surface area contributed by atoms with Gasteiger partial charge in [-0.25, -0.2) is 18.6 Å². The lowest BCUT2D eigenvalue weighted by Gasteiger charge is -2.18. The molecule has 2 aromatic heterocycles. The minimum Gasteiger partial charge on any atom is -0.386 e. The largest absolute Gasteiger partial charge is 0.386 e. The smallest absolute Gasteiger partial charge is 0.317 e. The zero-order chi connectivity index (χ0) is 24.6. The highest BCUT2D eigenvalue weighted by Gasteiger charge is 2.25. The molecule has 1 aliphatic rings. The van der Waals surface area contributed by atoms with E-state index >= 15 is 0 Å². The van der Waals surface area contributed by atoms with Gasteiger partial charge in [-0.3, -0.25) is 4.79 Å². The van der Waals surface area contributed by atoms with Crippen molar-refractivity contribution in [2.45, 2.75) is 26.0 Å². The fraction of sp³-hybridized carbons (Fsp3) is 0.261. The van der Waals surface area contributed by atoms with E-state index in [4.69, 9.17) is 5.73 Å². The minimum absolute atomic E-state index is 0.0523. The number of hydrogen-bond donors (Lipinski definition) is 4. The third kappa shape index (κ3) is 4.85. The van der Waals surface area contributed by atoms with Crippen LogP contribution in [0.1, 0.15) is 35.5 Å². The van der Waals surface area contributed by atoms with Crippen LogP contribution in [0.3, 0.4) is 0 Å². The van der Waals surface area contributed by atoms with Crippen LogP contribution in [0, 0.1) is 11.6 Å². The monoisotopic (exact) mass is 487 g/mol. The summed E-state index contributed by atoms with van der Waals surface area (Å²) in [6.07, 6.45) is 0. The number of urea groups is 1. The summed E-state index contributed by atoms with van der Waals surface area (Å²) in [6, 6.07) is 8.45. The second kappa shape index (κ2) is 8.99. The lowest BCUT2D eigenvalue weighted by atomic mass is 9.96. The molecule has 8 nitrogen and oxygen atoms in total. The lowest BCUT2D eigenvalue weighted by molar-refractivity contribution is 0.0778. The summed E-state index contributed by atoms with van der Waals surface area (Å²) in [5.74, 6) is -2.13. The van der Waals surface area contributed by atoms with Crippen molar-refractivity contribution in [3.05, 3.63) is 64.9 Å². The SMILES string of the molecule is CC(C)(O)c1cc(F)c(-c2cc(C(N)=O)c(Nc3cccc(CN4CCNC4=O)n3)s2)c(F)c1. The number of pyridine rings is 1. The van der Waals surface area contributed by atoms with Crippen LogP contribution in [0.2, 0.25) is 0 Å². The average molecular weight is 488 g/mol. The molecule has 1 saturated heterocycles. The van der Waals surface area contributed by atoms with E-state index < -0.39 is 23.1 Å². The Morgan fingerprint density at radius 2 is 2.00 bits per heavy atom. The molecule has 4 rings (SSSR count). The van der Waals surface area contributed by atoms with Gasteiger partial charge in [0.25, 0.3) is 5.91 Å². The number of halogens is 2. The van der Waals surface area contributed by atoms with Crippen LogP contribution in [-0.4, -0.2) is 40.0 Å². The van der Waals surface area contributed by atoms with Crippen molar-refractivity contribution in [1.29, 1.82) is 0 Å². The summed E-state index contributed by atoms with van der Waals surface area (Å²) in [5.41, 5.74) is 4.52. The van der Waals surface area contributed by atoms with Crippen molar-refractivity contribution in [2.24, 2.45) is 5.73 Å². The number of amides is 3. The van der Waals surface area contributed by atoms with E-state index in [1.54, 1.807) is 23.1 Å². The van der Waals surface area contributed by atoms with Gasteiger partial charge in [-0.2, -0.15) is 0 Å². The van der Waals surface area contributed by atoms with Gasteiger partial charge >= 0.3 is 6.03 Å². The molecular formula is C23H23F2N5O3S. The Balaban J connectivity index is 1.65. The molecule has 34 heavy (non-hydrogen) atoms. The van der Waals surface area contributed by atoms with Gasteiger partial charge in [0.05, 0.1) is 29.0 Å². The molecule has 0 saturated carbocycles. The molecule has 0 unspecified atom stereocenters. The molecule has 178 valence electrons. The minimum atomic E-state index is -1.42. The predicted molar refractivity (Wildman–Crippen MR) is 125 cm³/mol. The number of aromatic nitrogens is 1. The fourth-order valence-electron chi connectivity index (χ4n) is 3.56. The number of rotatable bonds is 7. The normalized spacial score (nSPS) is 13.8. The van der Waals surface area contributed by atoms with Gasteiger partial charge in [-0.1, -0.05) is 6.07 Å². The van der Waals surface area contributed by atoms with Gasteiger partial charge in [-0.05, 0) is 49.7 Å². The number of anilines is 2. The second-order valence-electron chi connectivity index (χ2n) is 8.38. The third-order valence-corrected chi connectivity index (χ3v) is 6.41.